The Balaban J connectivity index is 1.64. The van der Waals surface area contributed by atoms with Crippen molar-refractivity contribution in [2.75, 3.05) is 39.2 Å². The first-order valence-electron chi connectivity index (χ1n) is 11.4. The van der Waals surface area contributed by atoms with Gasteiger partial charge in [-0.05, 0) is 62.1 Å². The molecule has 7 nitrogen and oxygen atoms in total. The van der Waals surface area contributed by atoms with E-state index in [-0.39, 0.29) is 5.56 Å². The number of ether oxygens (including phenoxy) is 1. The first-order valence-corrected chi connectivity index (χ1v) is 12.6. The third-order valence-electron chi connectivity index (χ3n) is 6.00. The standard InChI is InChI=1S/C27H24ClN3O4S/c1-30(2)13-6-14-31(27-29-23-22(34-3)12-10-20(28)24(23)36-27)25(32)19-15-18-17-8-5-4-7-16(17)9-11-21(18)35-26(19)33/h4-5,7-12,15H,6,13-14H2,1-3H3. The van der Waals surface area contributed by atoms with Gasteiger partial charge in [-0.3, -0.25) is 9.69 Å². The third-order valence-corrected chi connectivity index (χ3v) is 7.54. The van der Waals surface area contributed by atoms with Gasteiger partial charge < -0.3 is 14.1 Å². The molecule has 0 spiro atoms. The van der Waals surface area contributed by atoms with Crippen molar-refractivity contribution < 1.29 is 13.9 Å². The Morgan fingerprint density at radius 2 is 1.89 bits per heavy atom. The molecule has 3 aromatic carbocycles. The lowest BCUT2D eigenvalue weighted by atomic mass is 10.0. The van der Waals surface area contributed by atoms with E-state index in [4.69, 9.17) is 25.7 Å². The van der Waals surface area contributed by atoms with E-state index >= 15 is 0 Å². The van der Waals surface area contributed by atoms with E-state index in [9.17, 15) is 9.59 Å². The number of methoxy groups -OCH3 is 1. The van der Waals surface area contributed by atoms with Gasteiger partial charge in [-0.2, -0.15) is 0 Å². The Labute approximate surface area is 216 Å². The van der Waals surface area contributed by atoms with Gasteiger partial charge in [0.1, 0.15) is 22.4 Å². The predicted octanol–water partition coefficient (Wildman–Crippen LogP) is 5.82. The van der Waals surface area contributed by atoms with Crippen LogP contribution in [0.5, 0.6) is 5.75 Å². The Morgan fingerprint density at radius 3 is 2.67 bits per heavy atom. The SMILES string of the molecule is COc1ccc(Cl)c2sc(N(CCCN(C)C)C(=O)c3cc4c(ccc5ccccc54)oc3=O)nc12. The van der Waals surface area contributed by atoms with Crippen molar-refractivity contribution in [1.29, 1.82) is 0 Å². The molecular weight excluding hydrogens is 498 g/mol. The van der Waals surface area contributed by atoms with Crippen molar-refractivity contribution in [1.82, 2.24) is 9.88 Å². The molecule has 0 aliphatic rings. The van der Waals surface area contributed by atoms with Gasteiger partial charge in [0.2, 0.25) is 0 Å². The second kappa shape index (κ2) is 9.89. The molecule has 0 atom stereocenters. The molecule has 0 saturated carbocycles. The van der Waals surface area contributed by atoms with Gasteiger partial charge in [-0.15, -0.1) is 0 Å². The fraction of sp³-hybridized carbons (Fsp3) is 0.222. The van der Waals surface area contributed by atoms with Gasteiger partial charge in [0, 0.05) is 11.9 Å². The third kappa shape index (κ3) is 4.43. The molecule has 0 bridgehead atoms. The molecule has 0 unspecified atom stereocenters. The smallest absolute Gasteiger partial charge is 0.349 e. The summed E-state index contributed by atoms with van der Waals surface area (Å²) < 4.78 is 11.8. The summed E-state index contributed by atoms with van der Waals surface area (Å²) >= 11 is 7.72. The molecule has 0 N–H and O–H groups in total. The second-order valence-electron chi connectivity index (χ2n) is 8.68. The number of benzene rings is 3. The number of nitrogens with zero attached hydrogens (tertiary/aromatic N) is 3. The van der Waals surface area contributed by atoms with Crippen LogP contribution in [0.2, 0.25) is 5.02 Å². The fourth-order valence-electron chi connectivity index (χ4n) is 4.22. The number of amides is 1. The Hall–Kier alpha value is -3.46. The average molecular weight is 522 g/mol. The minimum Gasteiger partial charge on any atom is -0.494 e. The highest BCUT2D eigenvalue weighted by Crippen LogP contribution is 2.39. The number of carbonyl (C=O) groups is 1. The van der Waals surface area contributed by atoms with E-state index in [2.05, 4.69) is 0 Å². The minimum absolute atomic E-state index is 0.0407. The highest BCUT2D eigenvalue weighted by atomic mass is 35.5. The number of fused-ring (bicyclic) bond motifs is 4. The Morgan fingerprint density at radius 1 is 1.08 bits per heavy atom. The molecule has 0 aliphatic carbocycles. The summed E-state index contributed by atoms with van der Waals surface area (Å²) in [5, 5.41) is 3.57. The van der Waals surface area contributed by atoms with Crippen molar-refractivity contribution >= 4 is 65.9 Å². The molecule has 2 heterocycles. The summed E-state index contributed by atoms with van der Waals surface area (Å²) in [6, 6.07) is 16.6. The minimum atomic E-state index is -0.683. The van der Waals surface area contributed by atoms with Crippen molar-refractivity contribution in [2.24, 2.45) is 0 Å². The quantitative estimate of drug-likeness (QED) is 0.198. The average Bonchev–Trinajstić information content (AvgIpc) is 3.32. The van der Waals surface area contributed by atoms with Gasteiger partial charge in [0.05, 0.1) is 16.8 Å². The Kier molecular flexibility index (Phi) is 6.66. The number of aromatic nitrogens is 1. The van der Waals surface area contributed by atoms with Crippen LogP contribution in [0.3, 0.4) is 0 Å². The zero-order valence-corrected chi connectivity index (χ0v) is 21.7. The fourth-order valence-corrected chi connectivity index (χ4v) is 5.50. The molecule has 0 radical (unpaired) electrons. The molecule has 9 heteroatoms. The second-order valence-corrected chi connectivity index (χ2v) is 10.1. The summed E-state index contributed by atoms with van der Waals surface area (Å²) in [4.78, 5) is 35.1. The number of hydrogen-bond acceptors (Lipinski definition) is 7. The number of thiazole rings is 1. The molecule has 184 valence electrons. The molecule has 1 amide bonds. The molecule has 36 heavy (non-hydrogen) atoms. The van der Waals surface area contributed by atoms with Crippen LogP contribution in [0, 0.1) is 0 Å². The topological polar surface area (TPSA) is 75.9 Å². The lowest BCUT2D eigenvalue weighted by Gasteiger charge is -2.20. The van der Waals surface area contributed by atoms with Crippen LogP contribution in [0.25, 0.3) is 32.0 Å². The van der Waals surface area contributed by atoms with Gasteiger partial charge in [-0.25, -0.2) is 9.78 Å². The van der Waals surface area contributed by atoms with Crippen LogP contribution in [0.15, 0.2) is 63.8 Å². The van der Waals surface area contributed by atoms with E-state index in [1.165, 1.54) is 16.2 Å². The van der Waals surface area contributed by atoms with Crippen LogP contribution >= 0.6 is 22.9 Å². The summed E-state index contributed by atoms with van der Waals surface area (Å²) in [7, 11) is 5.50. The van der Waals surface area contributed by atoms with E-state index in [1.807, 2.05) is 49.3 Å². The number of hydrogen-bond donors (Lipinski definition) is 0. The van der Waals surface area contributed by atoms with Crippen molar-refractivity contribution in [3.63, 3.8) is 0 Å². The van der Waals surface area contributed by atoms with Crippen molar-refractivity contribution in [2.45, 2.75) is 6.42 Å². The van der Waals surface area contributed by atoms with Crippen molar-refractivity contribution in [3.05, 3.63) is 75.6 Å². The van der Waals surface area contributed by atoms with E-state index in [1.54, 1.807) is 31.4 Å². The Bertz CT molecular complexity index is 1660. The maximum absolute atomic E-state index is 13.9. The number of halogens is 1. The molecule has 0 fully saturated rings. The highest BCUT2D eigenvalue weighted by molar-refractivity contribution is 7.23. The largest absolute Gasteiger partial charge is 0.494 e. The van der Waals surface area contributed by atoms with Crippen LogP contribution in [-0.2, 0) is 0 Å². The van der Waals surface area contributed by atoms with E-state index in [0.29, 0.717) is 50.1 Å². The van der Waals surface area contributed by atoms with Gasteiger partial charge in [0.25, 0.3) is 5.91 Å². The lowest BCUT2D eigenvalue weighted by molar-refractivity contribution is 0.0982. The molecule has 0 saturated heterocycles. The summed E-state index contributed by atoms with van der Waals surface area (Å²) in [6.07, 6.45) is 0.682. The zero-order valence-electron chi connectivity index (χ0n) is 20.1. The maximum atomic E-state index is 13.9. The van der Waals surface area contributed by atoms with Gasteiger partial charge in [-0.1, -0.05) is 53.3 Å². The molecule has 2 aromatic heterocycles. The maximum Gasteiger partial charge on any atom is 0.349 e. The van der Waals surface area contributed by atoms with Gasteiger partial charge >= 0.3 is 5.63 Å². The molecule has 5 rings (SSSR count). The van der Waals surface area contributed by atoms with Gasteiger partial charge in [0.15, 0.2) is 5.13 Å². The van der Waals surface area contributed by atoms with Crippen molar-refractivity contribution in [3.8, 4) is 5.75 Å². The summed E-state index contributed by atoms with van der Waals surface area (Å²) in [5.41, 5.74) is 0.288. The summed E-state index contributed by atoms with van der Waals surface area (Å²) in [5.74, 6) is 0.0979. The van der Waals surface area contributed by atoms with E-state index in [0.717, 1.165) is 17.3 Å². The lowest BCUT2D eigenvalue weighted by Crippen LogP contribution is -2.36. The molecular formula is C27H24ClN3O4S. The number of carbonyl (C=O) groups excluding carboxylic acids is 1. The number of anilines is 1. The predicted molar refractivity (Wildman–Crippen MR) is 146 cm³/mol. The van der Waals surface area contributed by atoms with Crippen LogP contribution in [-0.4, -0.2) is 50.1 Å². The van der Waals surface area contributed by atoms with E-state index < -0.39 is 11.5 Å². The van der Waals surface area contributed by atoms with Crippen LogP contribution in [0.1, 0.15) is 16.8 Å². The highest BCUT2D eigenvalue weighted by Gasteiger charge is 2.26. The first-order chi connectivity index (χ1) is 17.4. The van der Waals surface area contributed by atoms with Crippen LogP contribution in [0.4, 0.5) is 5.13 Å². The van der Waals surface area contributed by atoms with Crippen LogP contribution < -0.4 is 15.3 Å². The molecule has 0 aliphatic heterocycles. The normalized spacial score (nSPS) is 11.6. The summed E-state index contributed by atoms with van der Waals surface area (Å²) in [6.45, 7) is 1.12. The first kappa shape index (κ1) is 24.2. The molecule has 5 aromatic rings. The zero-order chi connectivity index (χ0) is 25.4. The monoisotopic (exact) mass is 521 g/mol. The number of rotatable bonds is 7.